The van der Waals surface area contributed by atoms with Crippen molar-refractivity contribution in [3.63, 3.8) is 0 Å². The lowest BCUT2D eigenvalue weighted by Crippen LogP contribution is -2.61. The number of carbonyl (C=O) groups excluding carboxylic acids is 2. The third-order valence-corrected chi connectivity index (χ3v) is 2.74. The van der Waals surface area contributed by atoms with Gasteiger partial charge >= 0.3 is 6.09 Å². The number of nitrogens with zero attached hydrogens (tertiary/aromatic N) is 1. The lowest BCUT2D eigenvalue weighted by molar-refractivity contribution is -0.134. The number of amides is 2. The quantitative estimate of drug-likeness (QED) is 0.468. The Morgan fingerprint density at radius 2 is 1.48 bits per heavy atom. The molecule has 136 valence electrons. The Hall–Kier alpha value is -1.34. The van der Waals surface area contributed by atoms with Crippen molar-refractivity contribution in [2.24, 2.45) is 5.84 Å². The van der Waals surface area contributed by atoms with Gasteiger partial charge in [0.1, 0.15) is 11.6 Å². The van der Waals surface area contributed by atoms with E-state index in [9.17, 15) is 9.59 Å². The Balaban J connectivity index is 5.57. The van der Waals surface area contributed by atoms with Gasteiger partial charge in [-0.3, -0.25) is 15.1 Å². The molecule has 0 bridgehead atoms. The second-order valence-corrected chi connectivity index (χ2v) is 8.47. The molecule has 0 heterocycles. The average molecular weight is 331 g/mol. The van der Waals surface area contributed by atoms with Gasteiger partial charge in [0.2, 0.25) is 0 Å². The zero-order valence-corrected chi connectivity index (χ0v) is 15.9. The summed E-state index contributed by atoms with van der Waals surface area (Å²) in [5.74, 6) is 4.78. The molecule has 7 nitrogen and oxygen atoms in total. The molecule has 0 aliphatic rings. The Kier molecular flexibility index (Phi) is 7.05. The van der Waals surface area contributed by atoms with E-state index in [-0.39, 0.29) is 6.61 Å². The van der Waals surface area contributed by atoms with E-state index in [2.05, 4.69) is 5.43 Å². The molecule has 2 amide bonds. The third-order valence-electron chi connectivity index (χ3n) is 2.74. The fraction of sp³-hybridized carbons (Fsp3) is 0.875. The highest BCUT2D eigenvalue weighted by Crippen LogP contribution is 2.23. The summed E-state index contributed by atoms with van der Waals surface area (Å²) in [7, 11) is 0. The maximum atomic E-state index is 12.6. The molecular formula is C16H33N3O4. The van der Waals surface area contributed by atoms with Gasteiger partial charge in [-0.15, -0.1) is 0 Å². The van der Waals surface area contributed by atoms with Crippen LogP contribution in [0.4, 0.5) is 4.79 Å². The van der Waals surface area contributed by atoms with Crippen molar-refractivity contribution < 1.29 is 19.1 Å². The van der Waals surface area contributed by atoms with Crippen LogP contribution in [0.2, 0.25) is 0 Å². The number of carbonyl (C=O) groups is 2. The fourth-order valence-corrected chi connectivity index (χ4v) is 1.87. The molecule has 3 N–H and O–H groups in total. The molecule has 0 saturated heterocycles. The highest BCUT2D eigenvalue weighted by atomic mass is 16.6. The number of hydrogen-bond acceptors (Lipinski definition) is 5. The highest BCUT2D eigenvalue weighted by Gasteiger charge is 2.40. The number of nitrogens with two attached hydrogens (primary N) is 1. The highest BCUT2D eigenvalue weighted by molar-refractivity contribution is 5.85. The second-order valence-electron chi connectivity index (χ2n) is 8.47. The molecule has 0 fully saturated rings. The monoisotopic (exact) mass is 331 g/mol. The Morgan fingerprint density at radius 3 is 1.78 bits per heavy atom. The van der Waals surface area contributed by atoms with Crippen LogP contribution in [0.1, 0.15) is 62.3 Å². The van der Waals surface area contributed by atoms with Crippen molar-refractivity contribution >= 4 is 12.0 Å². The van der Waals surface area contributed by atoms with Gasteiger partial charge in [-0.2, -0.15) is 0 Å². The maximum Gasteiger partial charge on any atom is 0.411 e. The number of nitrogens with one attached hydrogen (secondary N) is 1. The minimum absolute atomic E-state index is 0.0169. The SMILES string of the molecule is CC(C)(C)OC[C@@H](C(=O)NN)N(C(=O)OC(C)(C)C)C(C)(C)C. The molecule has 0 aliphatic heterocycles. The van der Waals surface area contributed by atoms with Gasteiger partial charge in [0.15, 0.2) is 0 Å². The van der Waals surface area contributed by atoms with Crippen molar-refractivity contribution in [3.05, 3.63) is 0 Å². The molecule has 0 rings (SSSR count). The zero-order valence-electron chi connectivity index (χ0n) is 15.9. The summed E-state index contributed by atoms with van der Waals surface area (Å²) in [6.07, 6.45) is -0.587. The fourth-order valence-electron chi connectivity index (χ4n) is 1.87. The Morgan fingerprint density at radius 1 is 1.00 bits per heavy atom. The smallest absolute Gasteiger partial charge is 0.411 e. The van der Waals surface area contributed by atoms with Crippen LogP contribution in [0, 0.1) is 0 Å². The van der Waals surface area contributed by atoms with Crippen LogP contribution < -0.4 is 11.3 Å². The summed E-state index contributed by atoms with van der Waals surface area (Å²) in [6.45, 7) is 16.4. The molecule has 0 aromatic rings. The first-order chi connectivity index (χ1) is 10.1. The van der Waals surface area contributed by atoms with E-state index in [0.29, 0.717) is 0 Å². The average Bonchev–Trinajstić information content (AvgIpc) is 2.27. The first kappa shape index (κ1) is 21.7. The summed E-state index contributed by atoms with van der Waals surface area (Å²) >= 11 is 0. The van der Waals surface area contributed by atoms with E-state index in [1.807, 2.05) is 41.5 Å². The molecule has 23 heavy (non-hydrogen) atoms. The maximum absolute atomic E-state index is 12.6. The summed E-state index contributed by atoms with van der Waals surface area (Å²) in [5, 5.41) is 0. The third kappa shape index (κ3) is 8.18. The molecule has 7 heteroatoms. The predicted octanol–water partition coefficient (Wildman–Crippen LogP) is 2.20. The van der Waals surface area contributed by atoms with Crippen molar-refractivity contribution in [2.75, 3.05) is 6.61 Å². The van der Waals surface area contributed by atoms with Crippen LogP contribution in [-0.2, 0) is 14.3 Å². The van der Waals surface area contributed by atoms with Gasteiger partial charge in [-0.05, 0) is 62.3 Å². The topological polar surface area (TPSA) is 93.9 Å². The van der Waals surface area contributed by atoms with Crippen molar-refractivity contribution in [1.29, 1.82) is 0 Å². The Bertz CT molecular complexity index is 417. The lowest BCUT2D eigenvalue weighted by Gasteiger charge is -2.41. The second kappa shape index (κ2) is 7.49. The van der Waals surface area contributed by atoms with Gasteiger partial charge in [0, 0.05) is 5.54 Å². The summed E-state index contributed by atoms with van der Waals surface area (Å²) < 4.78 is 11.1. The van der Waals surface area contributed by atoms with Crippen LogP contribution in [0.15, 0.2) is 0 Å². The van der Waals surface area contributed by atoms with E-state index >= 15 is 0 Å². The van der Waals surface area contributed by atoms with Crippen molar-refractivity contribution in [1.82, 2.24) is 10.3 Å². The Labute approximate surface area is 139 Å². The molecular weight excluding hydrogens is 298 g/mol. The standard InChI is InChI=1S/C16H33N3O4/c1-14(2,3)19(13(21)23-16(7,8)9)11(12(20)18-17)10-22-15(4,5)6/h11H,10,17H2,1-9H3,(H,18,20)/t11-/m0/s1. The molecule has 0 unspecified atom stereocenters. The van der Waals surface area contributed by atoms with Crippen LogP contribution >= 0.6 is 0 Å². The molecule has 0 aromatic carbocycles. The lowest BCUT2D eigenvalue weighted by atomic mass is 10.0. The summed E-state index contributed by atoms with van der Waals surface area (Å²) in [6, 6.07) is -0.894. The molecule has 0 radical (unpaired) electrons. The van der Waals surface area contributed by atoms with Crippen molar-refractivity contribution in [2.45, 2.75) is 85.1 Å². The number of ether oxygens (including phenoxy) is 2. The van der Waals surface area contributed by atoms with Gasteiger partial charge in [0.25, 0.3) is 5.91 Å². The summed E-state index contributed by atoms with van der Waals surface area (Å²) in [5.41, 5.74) is 0.326. The van der Waals surface area contributed by atoms with Gasteiger partial charge in [0.05, 0.1) is 12.2 Å². The molecule has 0 saturated carbocycles. The normalized spacial score (nSPS) is 14.2. The van der Waals surface area contributed by atoms with E-state index in [1.54, 1.807) is 20.8 Å². The van der Waals surface area contributed by atoms with Crippen molar-refractivity contribution in [3.8, 4) is 0 Å². The van der Waals surface area contributed by atoms with E-state index in [4.69, 9.17) is 15.3 Å². The number of rotatable bonds is 4. The van der Waals surface area contributed by atoms with Gasteiger partial charge in [-0.1, -0.05) is 0 Å². The van der Waals surface area contributed by atoms with E-state index in [0.717, 1.165) is 0 Å². The predicted molar refractivity (Wildman–Crippen MR) is 89.6 cm³/mol. The number of hydrogen-bond donors (Lipinski definition) is 2. The molecule has 1 atom stereocenters. The van der Waals surface area contributed by atoms with Crippen LogP contribution in [0.3, 0.4) is 0 Å². The molecule has 0 aliphatic carbocycles. The molecule has 0 spiro atoms. The zero-order chi connectivity index (χ0) is 18.6. The van der Waals surface area contributed by atoms with Crippen LogP contribution in [0.25, 0.3) is 0 Å². The number of hydrazine groups is 1. The van der Waals surface area contributed by atoms with E-state index in [1.165, 1.54) is 4.90 Å². The summed E-state index contributed by atoms with van der Waals surface area (Å²) in [4.78, 5) is 26.2. The first-order valence-electron chi connectivity index (χ1n) is 7.75. The van der Waals surface area contributed by atoms with E-state index < -0.39 is 34.8 Å². The largest absolute Gasteiger partial charge is 0.444 e. The van der Waals surface area contributed by atoms with Crippen LogP contribution in [-0.4, -0.2) is 46.3 Å². The van der Waals surface area contributed by atoms with Gasteiger partial charge in [-0.25, -0.2) is 10.6 Å². The minimum Gasteiger partial charge on any atom is -0.444 e. The molecule has 0 aromatic heterocycles. The van der Waals surface area contributed by atoms with Crippen LogP contribution in [0.5, 0.6) is 0 Å². The van der Waals surface area contributed by atoms with Gasteiger partial charge < -0.3 is 9.47 Å². The first-order valence-corrected chi connectivity index (χ1v) is 7.75. The minimum atomic E-state index is -0.894.